The van der Waals surface area contributed by atoms with Gasteiger partial charge >= 0.3 is 0 Å². The summed E-state index contributed by atoms with van der Waals surface area (Å²) >= 11 is 0. The van der Waals surface area contributed by atoms with Crippen molar-refractivity contribution in [2.24, 2.45) is 0 Å². The number of carbonyl (C=O) groups is 1. The second-order valence-electron chi connectivity index (χ2n) is 6.81. The summed E-state index contributed by atoms with van der Waals surface area (Å²) in [6, 6.07) is 14.5. The van der Waals surface area contributed by atoms with E-state index in [-0.39, 0.29) is 5.91 Å². The van der Waals surface area contributed by atoms with Crippen LogP contribution in [-0.4, -0.2) is 51.8 Å². The number of benzene rings is 1. The fourth-order valence-electron chi connectivity index (χ4n) is 3.70. The normalized spacial score (nSPS) is 15.3. The molecule has 1 aliphatic heterocycles. The Morgan fingerprint density at radius 2 is 1.96 bits per heavy atom. The number of nitrogens with zero attached hydrogens (tertiary/aromatic N) is 5. The molecule has 0 aliphatic carbocycles. The Balaban J connectivity index is 1.36. The van der Waals surface area contributed by atoms with Gasteiger partial charge in [0.15, 0.2) is 5.82 Å². The van der Waals surface area contributed by atoms with Crippen molar-refractivity contribution in [1.82, 2.24) is 19.7 Å². The molecule has 1 aliphatic rings. The van der Waals surface area contributed by atoms with E-state index in [1.165, 1.54) is 5.39 Å². The highest BCUT2D eigenvalue weighted by atomic mass is 16.2. The molecule has 4 rings (SSSR count). The minimum Gasteiger partial charge on any atom is -0.355 e. The van der Waals surface area contributed by atoms with Crippen LogP contribution in [-0.2, 0) is 11.3 Å². The molecule has 1 fully saturated rings. The third-order valence-corrected chi connectivity index (χ3v) is 5.27. The minimum absolute atomic E-state index is 0.187. The molecule has 1 aromatic carbocycles. The number of amides is 1. The van der Waals surface area contributed by atoms with Crippen LogP contribution >= 0.6 is 0 Å². The van der Waals surface area contributed by atoms with Crippen LogP contribution in [0.2, 0.25) is 0 Å². The van der Waals surface area contributed by atoms with Gasteiger partial charge in [0.1, 0.15) is 6.54 Å². The molecule has 2 aromatic heterocycles. The Labute approximate surface area is 153 Å². The number of likely N-dealkylation sites (tertiary alicyclic amines) is 1. The predicted molar refractivity (Wildman–Crippen MR) is 102 cm³/mol. The van der Waals surface area contributed by atoms with Crippen LogP contribution in [0.25, 0.3) is 10.9 Å². The van der Waals surface area contributed by atoms with Crippen molar-refractivity contribution in [2.45, 2.75) is 25.4 Å². The highest BCUT2D eigenvalue weighted by molar-refractivity contribution is 5.83. The van der Waals surface area contributed by atoms with Crippen molar-refractivity contribution in [3.63, 3.8) is 0 Å². The smallest absolute Gasteiger partial charge is 0.242 e. The Morgan fingerprint density at radius 3 is 2.73 bits per heavy atom. The zero-order chi connectivity index (χ0) is 17.9. The lowest BCUT2D eigenvalue weighted by atomic mass is 10.0. The molecule has 26 heavy (non-hydrogen) atoms. The molecule has 0 saturated carbocycles. The van der Waals surface area contributed by atoms with Gasteiger partial charge in [0.05, 0.1) is 0 Å². The van der Waals surface area contributed by atoms with Crippen molar-refractivity contribution in [2.75, 3.05) is 25.0 Å². The maximum Gasteiger partial charge on any atom is 0.242 e. The van der Waals surface area contributed by atoms with Crippen molar-refractivity contribution in [1.29, 1.82) is 0 Å². The fraction of sp³-hybridized carbons (Fsp3) is 0.350. The van der Waals surface area contributed by atoms with Crippen LogP contribution in [0.3, 0.4) is 0 Å². The van der Waals surface area contributed by atoms with E-state index in [1.54, 1.807) is 6.20 Å². The molecule has 0 radical (unpaired) electrons. The van der Waals surface area contributed by atoms with Gasteiger partial charge in [-0.2, -0.15) is 5.10 Å². The molecule has 6 heteroatoms. The summed E-state index contributed by atoms with van der Waals surface area (Å²) in [6.07, 6.45) is 5.58. The lowest BCUT2D eigenvalue weighted by Gasteiger charge is -2.37. The Bertz CT molecular complexity index is 883. The summed E-state index contributed by atoms with van der Waals surface area (Å²) in [5.41, 5.74) is 1.11. The van der Waals surface area contributed by atoms with Crippen molar-refractivity contribution in [3.8, 4) is 0 Å². The molecule has 6 nitrogen and oxygen atoms in total. The summed E-state index contributed by atoms with van der Waals surface area (Å²) in [5.74, 6) is 1.07. The number of piperidine rings is 1. The van der Waals surface area contributed by atoms with E-state index in [0.29, 0.717) is 12.6 Å². The predicted octanol–water partition coefficient (Wildman–Crippen LogP) is 2.56. The highest BCUT2D eigenvalue weighted by Crippen LogP contribution is 2.21. The number of hydrogen-bond donors (Lipinski definition) is 0. The summed E-state index contributed by atoms with van der Waals surface area (Å²) in [6.45, 7) is 1.97. The Morgan fingerprint density at radius 1 is 1.15 bits per heavy atom. The van der Waals surface area contributed by atoms with E-state index in [0.717, 1.165) is 37.3 Å². The van der Waals surface area contributed by atoms with E-state index in [9.17, 15) is 4.79 Å². The van der Waals surface area contributed by atoms with Crippen molar-refractivity contribution >= 4 is 22.6 Å². The average Bonchev–Trinajstić information content (AvgIpc) is 3.11. The number of carbonyl (C=O) groups excluding carboxylic acids is 1. The van der Waals surface area contributed by atoms with Gasteiger partial charge in [-0.25, -0.2) is 0 Å². The lowest BCUT2D eigenvalue weighted by Crippen LogP contribution is -2.46. The Kier molecular flexibility index (Phi) is 4.56. The minimum atomic E-state index is 0.187. The van der Waals surface area contributed by atoms with Crippen LogP contribution in [0, 0.1) is 0 Å². The number of fused-ring (bicyclic) bond motifs is 1. The number of rotatable bonds is 4. The molecule has 134 valence electrons. The van der Waals surface area contributed by atoms with Crippen molar-refractivity contribution in [3.05, 3.63) is 54.9 Å². The first-order chi connectivity index (χ1) is 12.7. The SMILES string of the molecule is CN(c1cccnn1)C1CCN(C(=O)Cn2ccc3ccccc32)CC1. The maximum atomic E-state index is 12.7. The molecule has 0 atom stereocenters. The second kappa shape index (κ2) is 7.15. The lowest BCUT2D eigenvalue weighted by molar-refractivity contribution is -0.132. The van der Waals surface area contributed by atoms with E-state index in [1.807, 2.05) is 39.9 Å². The molecule has 3 aromatic rings. The van der Waals surface area contributed by atoms with Gasteiger partial charge in [0.2, 0.25) is 5.91 Å². The monoisotopic (exact) mass is 349 g/mol. The van der Waals surface area contributed by atoms with E-state index in [4.69, 9.17) is 0 Å². The zero-order valence-electron chi connectivity index (χ0n) is 15.0. The molecular weight excluding hydrogens is 326 g/mol. The summed E-state index contributed by atoms with van der Waals surface area (Å²) < 4.78 is 2.04. The van der Waals surface area contributed by atoms with Crippen molar-refractivity contribution < 1.29 is 4.79 Å². The van der Waals surface area contributed by atoms with Gasteiger partial charge in [-0.3, -0.25) is 4.79 Å². The number of anilines is 1. The quantitative estimate of drug-likeness (QED) is 0.726. The van der Waals surface area contributed by atoms with E-state index < -0.39 is 0 Å². The standard InChI is InChI=1S/C20H23N5O/c1-23(19-7-4-11-21-22-19)17-9-13-24(14-10-17)20(26)15-25-12-8-16-5-2-3-6-18(16)25/h2-8,11-12,17H,9-10,13-15H2,1H3. The average molecular weight is 349 g/mol. The van der Waals surface area contributed by atoms with Gasteiger partial charge in [-0.05, 0) is 42.5 Å². The third-order valence-electron chi connectivity index (χ3n) is 5.27. The molecule has 0 bridgehead atoms. The van der Waals surface area contributed by atoms with E-state index >= 15 is 0 Å². The second-order valence-corrected chi connectivity index (χ2v) is 6.81. The van der Waals surface area contributed by atoms with Gasteiger partial charge in [-0.15, -0.1) is 5.10 Å². The Hall–Kier alpha value is -2.89. The summed E-state index contributed by atoms with van der Waals surface area (Å²) in [5, 5.41) is 9.30. The van der Waals surface area contributed by atoms with Crippen LogP contribution in [0.15, 0.2) is 54.9 Å². The summed E-state index contributed by atoms with van der Waals surface area (Å²) in [4.78, 5) is 16.9. The van der Waals surface area contributed by atoms with Gasteiger partial charge in [0.25, 0.3) is 0 Å². The summed E-state index contributed by atoms with van der Waals surface area (Å²) in [7, 11) is 2.05. The first-order valence-electron chi connectivity index (χ1n) is 9.04. The molecule has 0 unspecified atom stereocenters. The first-order valence-corrected chi connectivity index (χ1v) is 9.04. The molecule has 3 heterocycles. The van der Waals surface area contributed by atoms with Crippen LogP contribution in [0.4, 0.5) is 5.82 Å². The number of para-hydroxylation sites is 1. The van der Waals surface area contributed by atoms with Gasteiger partial charge < -0.3 is 14.4 Å². The van der Waals surface area contributed by atoms with E-state index in [2.05, 4.69) is 40.3 Å². The third kappa shape index (κ3) is 3.27. The molecule has 1 saturated heterocycles. The maximum absolute atomic E-state index is 12.7. The van der Waals surface area contributed by atoms with Crippen LogP contribution in [0.5, 0.6) is 0 Å². The highest BCUT2D eigenvalue weighted by Gasteiger charge is 2.26. The molecule has 1 amide bonds. The van der Waals surface area contributed by atoms with Gasteiger partial charge in [0, 0.05) is 44.1 Å². The zero-order valence-corrected chi connectivity index (χ0v) is 15.0. The largest absolute Gasteiger partial charge is 0.355 e. The number of aromatic nitrogens is 3. The van der Waals surface area contributed by atoms with Gasteiger partial charge in [-0.1, -0.05) is 18.2 Å². The van der Waals surface area contributed by atoms with Crippen LogP contribution < -0.4 is 4.90 Å². The first kappa shape index (κ1) is 16.6. The molecular formula is C20H23N5O. The number of hydrogen-bond acceptors (Lipinski definition) is 4. The molecule has 0 spiro atoms. The fourth-order valence-corrected chi connectivity index (χ4v) is 3.70. The molecule has 0 N–H and O–H groups in total. The van der Waals surface area contributed by atoms with Crippen LogP contribution in [0.1, 0.15) is 12.8 Å². The topological polar surface area (TPSA) is 54.3 Å².